The van der Waals surface area contributed by atoms with Crippen LogP contribution in [-0.2, 0) is 0 Å². The molecule has 2 nitrogen and oxygen atoms in total. The molecule has 21 heavy (non-hydrogen) atoms. The lowest BCUT2D eigenvalue weighted by Gasteiger charge is -2.13. The molecule has 0 N–H and O–H groups in total. The molecule has 0 saturated carbocycles. The number of aryl methyl sites for hydroxylation is 1. The molecule has 1 aromatic carbocycles. The summed E-state index contributed by atoms with van der Waals surface area (Å²) >= 11 is 7.54. The van der Waals surface area contributed by atoms with Crippen LogP contribution in [0, 0.1) is 18.6 Å². The first-order valence-electron chi connectivity index (χ1n) is 6.10. The smallest absolute Gasteiger partial charge is 0.160 e. The van der Waals surface area contributed by atoms with E-state index in [0.29, 0.717) is 11.3 Å². The molecule has 3 aromatic rings. The summed E-state index contributed by atoms with van der Waals surface area (Å²) in [5.74, 6) is -1.36. The Bertz CT molecular complexity index is 783. The minimum atomic E-state index is -0.679. The van der Waals surface area contributed by atoms with Gasteiger partial charge in [-0.2, -0.15) is 5.10 Å². The lowest BCUT2D eigenvalue weighted by Crippen LogP contribution is -1.99. The molecule has 0 saturated heterocycles. The first kappa shape index (κ1) is 14.1. The molecular formula is C15H9ClF2N2S. The van der Waals surface area contributed by atoms with Crippen molar-refractivity contribution in [1.82, 2.24) is 10.2 Å². The van der Waals surface area contributed by atoms with Gasteiger partial charge in [0.15, 0.2) is 5.15 Å². The molecule has 0 bridgehead atoms. The van der Waals surface area contributed by atoms with Crippen molar-refractivity contribution in [3.63, 3.8) is 0 Å². The van der Waals surface area contributed by atoms with Crippen LogP contribution >= 0.6 is 22.9 Å². The largest absolute Gasteiger partial charge is 0.206 e. The first-order valence-corrected chi connectivity index (χ1v) is 7.36. The van der Waals surface area contributed by atoms with Crippen LogP contribution in [-0.4, -0.2) is 10.2 Å². The summed E-state index contributed by atoms with van der Waals surface area (Å²) in [6, 6.07) is 7.42. The average molecular weight is 323 g/mol. The van der Waals surface area contributed by atoms with Crippen molar-refractivity contribution in [3.8, 4) is 21.6 Å². The minimum Gasteiger partial charge on any atom is -0.206 e. The number of halogens is 3. The van der Waals surface area contributed by atoms with E-state index in [1.54, 1.807) is 6.92 Å². The predicted octanol–water partition coefficient (Wildman–Crippen LogP) is 5.11. The molecular weight excluding hydrogens is 314 g/mol. The van der Waals surface area contributed by atoms with E-state index >= 15 is 0 Å². The standard InChI is InChI=1S/C15H9ClF2N2S/c1-8-12(11-6-3-7-21-11)14(15(16)20-19-8)13-9(17)4-2-5-10(13)18/h2-7H,1H3. The van der Waals surface area contributed by atoms with Crippen molar-refractivity contribution >= 4 is 22.9 Å². The summed E-state index contributed by atoms with van der Waals surface area (Å²) in [7, 11) is 0. The van der Waals surface area contributed by atoms with Gasteiger partial charge in [0.05, 0.1) is 11.3 Å². The number of rotatable bonds is 2. The van der Waals surface area contributed by atoms with Gasteiger partial charge < -0.3 is 0 Å². The Morgan fingerprint density at radius 1 is 0.952 bits per heavy atom. The highest BCUT2D eigenvalue weighted by molar-refractivity contribution is 7.13. The number of hydrogen-bond acceptors (Lipinski definition) is 3. The van der Waals surface area contributed by atoms with Crippen LogP contribution in [0.25, 0.3) is 21.6 Å². The van der Waals surface area contributed by atoms with E-state index in [9.17, 15) is 8.78 Å². The highest BCUT2D eigenvalue weighted by Gasteiger charge is 2.22. The Morgan fingerprint density at radius 3 is 2.29 bits per heavy atom. The van der Waals surface area contributed by atoms with E-state index in [4.69, 9.17) is 11.6 Å². The van der Waals surface area contributed by atoms with Gasteiger partial charge in [0, 0.05) is 16.0 Å². The second-order valence-electron chi connectivity index (χ2n) is 4.40. The van der Waals surface area contributed by atoms with E-state index in [2.05, 4.69) is 10.2 Å². The maximum Gasteiger partial charge on any atom is 0.160 e. The molecule has 2 heterocycles. The third kappa shape index (κ3) is 2.43. The summed E-state index contributed by atoms with van der Waals surface area (Å²) in [4.78, 5) is 0.835. The predicted molar refractivity (Wildman–Crippen MR) is 80.4 cm³/mol. The van der Waals surface area contributed by atoms with E-state index in [-0.39, 0.29) is 16.3 Å². The SMILES string of the molecule is Cc1nnc(Cl)c(-c2c(F)cccc2F)c1-c1cccs1. The summed E-state index contributed by atoms with van der Waals surface area (Å²) in [6.07, 6.45) is 0. The second-order valence-corrected chi connectivity index (χ2v) is 5.71. The lowest BCUT2D eigenvalue weighted by atomic mass is 9.98. The molecule has 3 rings (SSSR count). The lowest BCUT2D eigenvalue weighted by molar-refractivity contribution is 0.589. The quantitative estimate of drug-likeness (QED) is 0.655. The first-order chi connectivity index (χ1) is 10.1. The van der Waals surface area contributed by atoms with Gasteiger partial charge >= 0.3 is 0 Å². The van der Waals surface area contributed by atoms with Gasteiger partial charge in [-0.1, -0.05) is 23.7 Å². The molecule has 106 valence electrons. The Morgan fingerprint density at radius 2 is 1.67 bits per heavy atom. The van der Waals surface area contributed by atoms with Crippen molar-refractivity contribution in [2.24, 2.45) is 0 Å². The number of aromatic nitrogens is 2. The Balaban J connectivity index is 2.40. The zero-order valence-corrected chi connectivity index (χ0v) is 12.5. The number of nitrogens with zero attached hydrogens (tertiary/aromatic N) is 2. The minimum absolute atomic E-state index is 0.0204. The van der Waals surface area contributed by atoms with Crippen LogP contribution in [0.15, 0.2) is 35.7 Å². The highest BCUT2D eigenvalue weighted by atomic mass is 35.5. The molecule has 0 atom stereocenters. The third-order valence-corrected chi connectivity index (χ3v) is 4.24. The molecule has 0 aliphatic carbocycles. The molecule has 6 heteroatoms. The van der Waals surface area contributed by atoms with Gasteiger partial charge in [-0.25, -0.2) is 8.78 Å². The molecule has 2 aromatic heterocycles. The maximum absolute atomic E-state index is 14.1. The summed E-state index contributed by atoms with van der Waals surface area (Å²) in [5, 5.41) is 9.61. The second kappa shape index (κ2) is 5.50. The Kier molecular flexibility index (Phi) is 3.69. The van der Waals surface area contributed by atoms with E-state index < -0.39 is 11.6 Å². The molecule has 0 aliphatic heterocycles. The fourth-order valence-corrected chi connectivity index (χ4v) is 3.25. The summed E-state index contributed by atoms with van der Waals surface area (Å²) in [5.41, 5.74) is 1.24. The topological polar surface area (TPSA) is 25.8 Å². The van der Waals surface area contributed by atoms with E-state index in [0.717, 1.165) is 4.88 Å². The van der Waals surface area contributed by atoms with Gasteiger partial charge in [0.2, 0.25) is 0 Å². The molecule has 0 unspecified atom stereocenters. The zero-order chi connectivity index (χ0) is 15.0. The van der Waals surface area contributed by atoms with Crippen LogP contribution in [0.5, 0.6) is 0 Å². The highest BCUT2D eigenvalue weighted by Crippen LogP contribution is 2.41. The normalized spacial score (nSPS) is 10.9. The van der Waals surface area contributed by atoms with Crippen LogP contribution in [0.4, 0.5) is 8.78 Å². The van der Waals surface area contributed by atoms with Crippen molar-refractivity contribution in [3.05, 3.63) is 58.2 Å². The monoisotopic (exact) mass is 322 g/mol. The molecule has 0 radical (unpaired) electrons. The van der Waals surface area contributed by atoms with Crippen molar-refractivity contribution in [1.29, 1.82) is 0 Å². The van der Waals surface area contributed by atoms with Crippen LogP contribution in [0.2, 0.25) is 5.15 Å². The summed E-state index contributed by atoms with van der Waals surface area (Å²) < 4.78 is 28.3. The summed E-state index contributed by atoms with van der Waals surface area (Å²) in [6.45, 7) is 1.74. The fourth-order valence-electron chi connectivity index (χ4n) is 2.19. The zero-order valence-electron chi connectivity index (χ0n) is 10.9. The maximum atomic E-state index is 14.1. The van der Waals surface area contributed by atoms with Crippen molar-refractivity contribution in [2.45, 2.75) is 6.92 Å². The van der Waals surface area contributed by atoms with Gasteiger partial charge in [-0.05, 0) is 30.5 Å². The van der Waals surface area contributed by atoms with Crippen LogP contribution in [0.1, 0.15) is 5.69 Å². The van der Waals surface area contributed by atoms with Crippen molar-refractivity contribution < 1.29 is 8.78 Å². The van der Waals surface area contributed by atoms with Crippen LogP contribution < -0.4 is 0 Å². The molecule has 0 fully saturated rings. The van der Waals surface area contributed by atoms with E-state index in [1.807, 2.05) is 17.5 Å². The third-order valence-electron chi connectivity index (χ3n) is 3.09. The fraction of sp³-hybridized carbons (Fsp3) is 0.0667. The Labute approximate surface area is 129 Å². The van der Waals surface area contributed by atoms with Gasteiger partial charge in [-0.3, -0.25) is 0 Å². The van der Waals surface area contributed by atoms with Gasteiger partial charge in [0.1, 0.15) is 11.6 Å². The number of thiophene rings is 1. The average Bonchev–Trinajstić information content (AvgIpc) is 2.96. The Hall–Kier alpha value is -1.85. The van der Waals surface area contributed by atoms with Gasteiger partial charge in [0.25, 0.3) is 0 Å². The number of benzene rings is 1. The molecule has 0 amide bonds. The van der Waals surface area contributed by atoms with Crippen LogP contribution in [0.3, 0.4) is 0 Å². The van der Waals surface area contributed by atoms with E-state index in [1.165, 1.54) is 29.5 Å². The molecule has 0 spiro atoms. The van der Waals surface area contributed by atoms with Crippen molar-refractivity contribution in [2.75, 3.05) is 0 Å². The van der Waals surface area contributed by atoms with Gasteiger partial charge in [-0.15, -0.1) is 16.4 Å². The molecule has 0 aliphatic rings. The number of hydrogen-bond donors (Lipinski definition) is 0.